The molecule has 4 rings (SSSR count). The minimum Gasteiger partial charge on any atom is -0.345 e. The van der Waals surface area contributed by atoms with Crippen LogP contribution in [0.1, 0.15) is 0 Å². The van der Waals surface area contributed by atoms with Crippen LogP contribution in [-0.2, 0) is 4.79 Å². The van der Waals surface area contributed by atoms with E-state index >= 15 is 0 Å². The second-order valence-electron chi connectivity index (χ2n) is 6.99. The van der Waals surface area contributed by atoms with Crippen molar-refractivity contribution in [3.8, 4) is 34.2 Å². The van der Waals surface area contributed by atoms with Crippen LogP contribution in [-0.4, -0.2) is 51.4 Å². The van der Waals surface area contributed by atoms with Crippen LogP contribution >= 0.6 is 0 Å². The van der Waals surface area contributed by atoms with Gasteiger partial charge < -0.3 is 10.3 Å². The normalized spacial score (nSPS) is 10.6. The molecule has 0 aliphatic rings. The van der Waals surface area contributed by atoms with Gasteiger partial charge in [-0.1, -0.05) is 18.1 Å². The molecule has 2 N–H and O–H groups in total. The summed E-state index contributed by atoms with van der Waals surface area (Å²) in [6.45, 7) is 0.532. The van der Waals surface area contributed by atoms with Crippen molar-refractivity contribution in [1.82, 2.24) is 24.8 Å². The van der Waals surface area contributed by atoms with Gasteiger partial charge in [-0.3, -0.25) is 9.69 Å². The van der Waals surface area contributed by atoms with Gasteiger partial charge in [0.15, 0.2) is 0 Å². The average molecular weight is 396 g/mol. The summed E-state index contributed by atoms with van der Waals surface area (Å²) in [6.07, 6.45) is 6.94. The van der Waals surface area contributed by atoms with Crippen LogP contribution in [0.5, 0.6) is 0 Å². The summed E-state index contributed by atoms with van der Waals surface area (Å²) in [6, 6.07) is 11.5. The number of aromatic amines is 1. The molecule has 0 saturated carbocycles. The quantitative estimate of drug-likeness (QED) is 0.518. The van der Waals surface area contributed by atoms with Gasteiger partial charge in [-0.15, -0.1) is 0 Å². The molecule has 30 heavy (non-hydrogen) atoms. The summed E-state index contributed by atoms with van der Waals surface area (Å²) in [4.78, 5) is 30.0. The number of hydrogen-bond acceptors (Lipinski definition) is 5. The Morgan fingerprint density at radius 2 is 2.07 bits per heavy atom. The lowest BCUT2D eigenvalue weighted by Crippen LogP contribution is -2.13. The number of amides is 1. The monoisotopic (exact) mass is 396 g/mol. The van der Waals surface area contributed by atoms with Gasteiger partial charge >= 0.3 is 0 Å². The molecule has 0 fully saturated rings. The summed E-state index contributed by atoms with van der Waals surface area (Å²) < 4.78 is 0. The van der Waals surface area contributed by atoms with E-state index in [-0.39, 0.29) is 5.91 Å². The van der Waals surface area contributed by atoms with E-state index in [0.717, 1.165) is 33.4 Å². The molecule has 0 aliphatic heterocycles. The van der Waals surface area contributed by atoms with Crippen molar-refractivity contribution in [2.24, 2.45) is 0 Å². The van der Waals surface area contributed by atoms with Crippen LogP contribution in [0.25, 0.3) is 33.4 Å². The highest BCUT2D eigenvalue weighted by Gasteiger charge is 2.10. The van der Waals surface area contributed by atoms with E-state index in [0.29, 0.717) is 12.2 Å². The topological polar surface area (TPSA) is 86.8 Å². The molecule has 0 unspecified atom stereocenters. The molecule has 0 radical (unpaired) electrons. The van der Waals surface area contributed by atoms with Gasteiger partial charge in [-0.05, 0) is 49.8 Å². The predicted molar refractivity (Wildman–Crippen MR) is 118 cm³/mol. The molecule has 0 atom stereocenters. The first kappa shape index (κ1) is 19.3. The van der Waals surface area contributed by atoms with Gasteiger partial charge in [0.25, 0.3) is 5.91 Å². The maximum Gasteiger partial charge on any atom is 0.300 e. The second kappa shape index (κ2) is 8.55. The summed E-state index contributed by atoms with van der Waals surface area (Å²) in [5, 5.41) is 3.79. The standard InChI is InChI=1S/C23H20N6O/c1-29(2)10-4-7-22(30)28-18-6-3-5-16(11-18)17-12-19-20(14-26-23(19)25-13-17)21-8-9-24-15-27-21/h3,5-6,8-9,11-15H,10H2,1-2H3,(H,25,26)(H,28,30). The third-order valence-corrected chi connectivity index (χ3v) is 4.44. The molecular weight excluding hydrogens is 376 g/mol. The van der Waals surface area contributed by atoms with Gasteiger partial charge in [0.2, 0.25) is 0 Å². The fraction of sp³-hybridized carbons (Fsp3) is 0.130. The van der Waals surface area contributed by atoms with E-state index in [4.69, 9.17) is 0 Å². The number of hydrogen-bond donors (Lipinski definition) is 2. The van der Waals surface area contributed by atoms with Gasteiger partial charge in [0.1, 0.15) is 12.0 Å². The number of aromatic nitrogens is 4. The van der Waals surface area contributed by atoms with E-state index in [2.05, 4.69) is 43.2 Å². The first-order valence-electron chi connectivity index (χ1n) is 9.39. The van der Waals surface area contributed by atoms with E-state index in [1.165, 1.54) is 6.33 Å². The lowest BCUT2D eigenvalue weighted by Gasteiger charge is -2.06. The number of carbonyl (C=O) groups excluding carboxylic acids is 1. The second-order valence-corrected chi connectivity index (χ2v) is 6.99. The Kier molecular flexibility index (Phi) is 5.50. The van der Waals surface area contributed by atoms with Gasteiger partial charge in [0, 0.05) is 40.8 Å². The Hall–Kier alpha value is -4.02. The third kappa shape index (κ3) is 4.35. The van der Waals surface area contributed by atoms with Crippen LogP contribution in [0.4, 0.5) is 5.69 Å². The molecule has 7 heteroatoms. The Balaban J connectivity index is 1.62. The number of carbonyl (C=O) groups is 1. The number of nitrogens with zero attached hydrogens (tertiary/aromatic N) is 4. The van der Waals surface area contributed by atoms with Crippen molar-refractivity contribution in [2.45, 2.75) is 0 Å². The maximum atomic E-state index is 12.1. The molecule has 0 saturated heterocycles. The number of anilines is 1. The first-order valence-corrected chi connectivity index (χ1v) is 9.39. The van der Waals surface area contributed by atoms with Crippen LogP contribution in [0.15, 0.2) is 61.3 Å². The highest BCUT2D eigenvalue weighted by Crippen LogP contribution is 2.30. The number of rotatable bonds is 4. The zero-order valence-corrected chi connectivity index (χ0v) is 16.7. The summed E-state index contributed by atoms with van der Waals surface area (Å²) in [7, 11) is 3.81. The molecule has 0 spiro atoms. The smallest absolute Gasteiger partial charge is 0.300 e. The number of fused-ring (bicyclic) bond motifs is 1. The highest BCUT2D eigenvalue weighted by atomic mass is 16.1. The van der Waals surface area contributed by atoms with Crippen molar-refractivity contribution >= 4 is 22.6 Å². The SMILES string of the molecule is CN(C)CC#CC(=O)Nc1cccc(-c2cnc3[nH]cc(-c4ccncn4)c3c2)c1. The number of pyridine rings is 1. The summed E-state index contributed by atoms with van der Waals surface area (Å²) in [5.41, 5.74) is 5.13. The van der Waals surface area contributed by atoms with Crippen LogP contribution in [0, 0.1) is 11.8 Å². The van der Waals surface area contributed by atoms with Gasteiger partial charge in [-0.25, -0.2) is 15.0 Å². The van der Waals surface area contributed by atoms with Crippen molar-refractivity contribution in [2.75, 3.05) is 26.0 Å². The molecule has 1 aromatic carbocycles. The van der Waals surface area contributed by atoms with Gasteiger partial charge in [-0.2, -0.15) is 0 Å². The lowest BCUT2D eigenvalue weighted by atomic mass is 10.0. The number of nitrogens with one attached hydrogen (secondary N) is 2. The minimum atomic E-state index is -0.334. The fourth-order valence-corrected chi connectivity index (χ4v) is 3.04. The molecule has 0 aliphatic carbocycles. The van der Waals surface area contributed by atoms with E-state index < -0.39 is 0 Å². The molecule has 0 bridgehead atoms. The van der Waals surface area contributed by atoms with E-state index in [1.807, 2.05) is 55.5 Å². The third-order valence-electron chi connectivity index (χ3n) is 4.44. The van der Waals surface area contributed by atoms with Crippen molar-refractivity contribution in [1.29, 1.82) is 0 Å². The molecule has 3 heterocycles. The average Bonchev–Trinajstić information content (AvgIpc) is 3.17. The van der Waals surface area contributed by atoms with Crippen molar-refractivity contribution in [3.05, 3.63) is 61.3 Å². The molecular formula is C23H20N6O. The molecule has 1 amide bonds. The predicted octanol–water partition coefficient (Wildman–Crippen LogP) is 3.19. The zero-order valence-electron chi connectivity index (χ0n) is 16.7. The van der Waals surface area contributed by atoms with Crippen molar-refractivity contribution < 1.29 is 4.79 Å². The summed E-state index contributed by atoms with van der Waals surface area (Å²) in [5.74, 6) is 5.09. The fourth-order valence-electron chi connectivity index (χ4n) is 3.04. The minimum absolute atomic E-state index is 0.334. The van der Waals surface area contributed by atoms with Gasteiger partial charge in [0.05, 0.1) is 12.2 Å². The van der Waals surface area contributed by atoms with Crippen LogP contribution in [0.3, 0.4) is 0 Å². The molecule has 7 nitrogen and oxygen atoms in total. The Morgan fingerprint density at radius 1 is 1.17 bits per heavy atom. The first-order chi connectivity index (χ1) is 14.6. The number of H-pyrrole nitrogens is 1. The molecule has 148 valence electrons. The lowest BCUT2D eigenvalue weighted by molar-refractivity contribution is -0.111. The zero-order chi connectivity index (χ0) is 20.9. The Morgan fingerprint density at radius 3 is 2.87 bits per heavy atom. The van der Waals surface area contributed by atoms with Crippen molar-refractivity contribution in [3.63, 3.8) is 0 Å². The maximum absolute atomic E-state index is 12.1. The number of benzene rings is 1. The van der Waals surface area contributed by atoms with Crippen LogP contribution in [0.2, 0.25) is 0 Å². The Bertz CT molecular complexity index is 1250. The highest BCUT2D eigenvalue weighted by molar-refractivity contribution is 6.04. The Labute approximate surface area is 174 Å². The summed E-state index contributed by atoms with van der Waals surface area (Å²) >= 11 is 0. The largest absolute Gasteiger partial charge is 0.345 e. The molecule has 4 aromatic rings. The van der Waals surface area contributed by atoms with E-state index in [9.17, 15) is 4.79 Å². The van der Waals surface area contributed by atoms with E-state index in [1.54, 1.807) is 12.4 Å². The van der Waals surface area contributed by atoms with Crippen LogP contribution < -0.4 is 5.32 Å². The molecule has 3 aromatic heterocycles.